The first kappa shape index (κ1) is 15.2. The zero-order valence-corrected chi connectivity index (χ0v) is 12.9. The van der Waals surface area contributed by atoms with Gasteiger partial charge in [-0.25, -0.2) is 0 Å². The zero-order valence-electron chi connectivity index (χ0n) is 12.9. The average molecular weight is 274 g/mol. The van der Waals surface area contributed by atoms with Gasteiger partial charge in [0.2, 0.25) is 0 Å². The number of Topliss-reactive ketones (excluding diaryl/α,β-unsaturated/α-hetero) is 1. The minimum absolute atomic E-state index is 0.162. The molecule has 110 valence electrons. The number of rotatable bonds is 5. The molecule has 0 radical (unpaired) electrons. The van der Waals surface area contributed by atoms with Crippen LogP contribution < -0.4 is 0 Å². The monoisotopic (exact) mass is 274 g/mol. The molecule has 2 nitrogen and oxygen atoms in total. The maximum Gasteiger partial charge on any atom is 0.194 e. The van der Waals surface area contributed by atoms with Crippen molar-refractivity contribution in [3.8, 4) is 0 Å². The molecule has 0 aromatic heterocycles. The van der Waals surface area contributed by atoms with Crippen molar-refractivity contribution in [1.82, 2.24) is 0 Å². The van der Waals surface area contributed by atoms with Crippen LogP contribution in [0.5, 0.6) is 0 Å². The van der Waals surface area contributed by atoms with Crippen LogP contribution in [0.4, 0.5) is 0 Å². The van der Waals surface area contributed by atoms with Crippen LogP contribution in [0.15, 0.2) is 24.3 Å². The summed E-state index contributed by atoms with van der Waals surface area (Å²) in [5.41, 5.74) is 1.51. The molecule has 1 aromatic carbocycles. The van der Waals surface area contributed by atoms with Gasteiger partial charge in [0, 0.05) is 12.7 Å². The summed E-state index contributed by atoms with van der Waals surface area (Å²) in [6.07, 6.45) is 6.05. The predicted octanol–water partition coefficient (Wildman–Crippen LogP) is 4.42. The smallest absolute Gasteiger partial charge is 0.194 e. The minimum Gasteiger partial charge on any atom is -0.370 e. The highest BCUT2D eigenvalue weighted by molar-refractivity contribution is 6.02. The Kier molecular flexibility index (Phi) is 4.98. The van der Waals surface area contributed by atoms with Crippen molar-refractivity contribution >= 4 is 5.78 Å². The van der Waals surface area contributed by atoms with Crippen molar-refractivity contribution in [3.63, 3.8) is 0 Å². The summed E-state index contributed by atoms with van der Waals surface area (Å²) in [6.45, 7) is 4.42. The third kappa shape index (κ3) is 3.12. The van der Waals surface area contributed by atoms with Crippen molar-refractivity contribution in [2.45, 2.75) is 58.0 Å². The number of carbonyl (C=O) groups excluding carboxylic acids is 1. The fourth-order valence-electron chi connectivity index (χ4n) is 3.13. The number of benzene rings is 1. The number of hydrogen-bond donors (Lipinski definition) is 0. The van der Waals surface area contributed by atoms with Gasteiger partial charge >= 0.3 is 0 Å². The number of methoxy groups -OCH3 is 1. The lowest BCUT2D eigenvalue weighted by atomic mass is 9.75. The lowest BCUT2D eigenvalue weighted by Crippen LogP contribution is -2.43. The molecule has 0 atom stereocenters. The number of carbonyl (C=O) groups is 1. The molecule has 0 amide bonds. The van der Waals surface area contributed by atoms with Crippen LogP contribution in [-0.4, -0.2) is 18.5 Å². The largest absolute Gasteiger partial charge is 0.370 e. The van der Waals surface area contributed by atoms with Gasteiger partial charge in [-0.3, -0.25) is 4.79 Å². The van der Waals surface area contributed by atoms with E-state index in [0.717, 1.165) is 44.1 Å². The highest BCUT2D eigenvalue weighted by Gasteiger charge is 2.41. The topological polar surface area (TPSA) is 26.3 Å². The Bertz CT molecular complexity index is 439. The SMILES string of the molecule is CCCc1ccc(C(=O)C2(OC)CCC(C)CC2)cc1. The van der Waals surface area contributed by atoms with Crippen molar-refractivity contribution in [1.29, 1.82) is 0 Å². The quantitative estimate of drug-likeness (QED) is 0.743. The second-order valence-corrected chi connectivity index (χ2v) is 6.16. The van der Waals surface area contributed by atoms with Gasteiger partial charge in [-0.1, -0.05) is 44.5 Å². The van der Waals surface area contributed by atoms with Crippen molar-refractivity contribution in [2.24, 2.45) is 5.92 Å². The van der Waals surface area contributed by atoms with Gasteiger partial charge in [0.1, 0.15) is 5.60 Å². The number of aryl methyl sites for hydroxylation is 1. The van der Waals surface area contributed by atoms with Crippen molar-refractivity contribution < 1.29 is 9.53 Å². The number of ketones is 1. The van der Waals surface area contributed by atoms with E-state index in [-0.39, 0.29) is 5.78 Å². The van der Waals surface area contributed by atoms with Gasteiger partial charge in [-0.2, -0.15) is 0 Å². The van der Waals surface area contributed by atoms with Gasteiger partial charge in [0.15, 0.2) is 5.78 Å². The van der Waals surface area contributed by atoms with Gasteiger partial charge in [0.25, 0.3) is 0 Å². The Hall–Kier alpha value is -1.15. The maximum atomic E-state index is 12.8. The Balaban J connectivity index is 2.16. The van der Waals surface area contributed by atoms with Crippen LogP contribution in [-0.2, 0) is 11.2 Å². The van der Waals surface area contributed by atoms with Gasteiger partial charge in [-0.15, -0.1) is 0 Å². The fraction of sp³-hybridized carbons (Fsp3) is 0.611. The van der Waals surface area contributed by atoms with E-state index >= 15 is 0 Å². The minimum atomic E-state index is -0.585. The molecular weight excluding hydrogens is 248 g/mol. The summed E-state index contributed by atoms with van der Waals surface area (Å²) in [4.78, 5) is 12.8. The predicted molar refractivity (Wildman–Crippen MR) is 82.1 cm³/mol. The van der Waals surface area contributed by atoms with E-state index in [1.807, 2.05) is 12.1 Å². The number of hydrogen-bond acceptors (Lipinski definition) is 2. The molecule has 1 fully saturated rings. The van der Waals surface area contributed by atoms with E-state index in [1.54, 1.807) is 7.11 Å². The average Bonchev–Trinajstić information content (AvgIpc) is 2.49. The standard InChI is InChI=1S/C18H26O2/c1-4-5-15-6-8-16(9-7-15)17(19)18(20-3)12-10-14(2)11-13-18/h6-9,14H,4-5,10-13H2,1-3H3. The Morgan fingerprint density at radius 1 is 1.25 bits per heavy atom. The van der Waals surface area contributed by atoms with Gasteiger partial charge in [0.05, 0.1) is 0 Å². The maximum absolute atomic E-state index is 12.8. The Morgan fingerprint density at radius 3 is 2.35 bits per heavy atom. The summed E-state index contributed by atoms with van der Waals surface area (Å²) in [7, 11) is 1.68. The van der Waals surface area contributed by atoms with Crippen molar-refractivity contribution in [2.75, 3.05) is 7.11 Å². The van der Waals surface area contributed by atoms with Crippen LogP contribution in [0.2, 0.25) is 0 Å². The van der Waals surface area contributed by atoms with Crippen LogP contribution in [0.1, 0.15) is 61.9 Å². The first-order valence-corrected chi connectivity index (χ1v) is 7.80. The van der Waals surface area contributed by atoms with Crippen LogP contribution in [0.25, 0.3) is 0 Å². The molecule has 0 aliphatic heterocycles. The molecule has 1 saturated carbocycles. The normalized spacial score (nSPS) is 26.4. The molecule has 0 saturated heterocycles. The first-order valence-electron chi connectivity index (χ1n) is 7.80. The van der Waals surface area contributed by atoms with Crippen LogP contribution in [0, 0.1) is 5.92 Å². The summed E-state index contributed by atoms with van der Waals surface area (Å²) < 4.78 is 5.67. The molecule has 0 bridgehead atoms. The van der Waals surface area contributed by atoms with Gasteiger partial charge < -0.3 is 4.74 Å². The molecule has 0 N–H and O–H groups in total. The zero-order chi connectivity index (χ0) is 14.6. The summed E-state index contributed by atoms with van der Waals surface area (Å²) in [5.74, 6) is 0.868. The van der Waals surface area contributed by atoms with Crippen molar-refractivity contribution in [3.05, 3.63) is 35.4 Å². The van der Waals surface area contributed by atoms with E-state index in [0.29, 0.717) is 5.92 Å². The Labute approximate surface area is 122 Å². The van der Waals surface area contributed by atoms with Gasteiger partial charge in [-0.05, 0) is 43.6 Å². The third-order valence-electron chi connectivity index (χ3n) is 4.64. The second-order valence-electron chi connectivity index (χ2n) is 6.16. The van der Waals surface area contributed by atoms with E-state index in [9.17, 15) is 4.79 Å². The summed E-state index contributed by atoms with van der Waals surface area (Å²) in [6, 6.07) is 8.08. The molecule has 0 unspecified atom stereocenters. The Morgan fingerprint density at radius 2 is 1.85 bits per heavy atom. The lowest BCUT2D eigenvalue weighted by molar-refractivity contribution is -0.0263. The summed E-state index contributed by atoms with van der Waals surface area (Å²) in [5, 5.41) is 0. The molecule has 1 aliphatic carbocycles. The van der Waals surface area contributed by atoms with E-state index in [4.69, 9.17) is 4.74 Å². The fourth-order valence-corrected chi connectivity index (χ4v) is 3.13. The van der Waals surface area contributed by atoms with E-state index in [2.05, 4.69) is 26.0 Å². The molecule has 1 aliphatic rings. The first-order chi connectivity index (χ1) is 9.61. The lowest BCUT2D eigenvalue weighted by Gasteiger charge is -2.37. The molecule has 20 heavy (non-hydrogen) atoms. The summed E-state index contributed by atoms with van der Waals surface area (Å²) >= 11 is 0. The molecular formula is C18H26O2. The molecule has 2 heteroatoms. The van der Waals surface area contributed by atoms with Crippen LogP contribution >= 0.6 is 0 Å². The molecule has 1 aromatic rings. The molecule has 0 heterocycles. The molecule has 2 rings (SSSR count). The molecule has 0 spiro atoms. The number of ether oxygens (including phenoxy) is 1. The van der Waals surface area contributed by atoms with Crippen LogP contribution in [0.3, 0.4) is 0 Å². The van der Waals surface area contributed by atoms with E-state index < -0.39 is 5.60 Å². The highest BCUT2D eigenvalue weighted by atomic mass is 16.5. The third-order valence-corrected chi connectivity index (χ3v) is 4.64. The second kappa shape index (κ2) is 6.53. The highest BCUT2D eigenvalue weighted by Crippen LogP contribution is 2.36. The van der Waals surface area contributed by atoms with E-state index in [1.165, 1.54) is 5.56 Å².